The molecule has 1 heterocycles. The van der Waals surface area contributed by atoms with Gasteiger partial charge in [-0.1, -0.05) is 12.1 Å². The van der Waals surface area contributed by atoms with E-state index in [1.165, 1.54) is 38.5 Å². The van der Waals surface area contributed by atoms with Gasteiger partial charge in [-0.15, -0.1) is 0 Å². The van der Waals surface area contributed by atoms with Crippen molar-refractivity contribution in [1.82, 2.24) is 0 Å². The Morgan fingerprint density at radius 1 is 0.760 bits per heavy atom. The molecule has 1 aliphatic heterocycles. The fraction of sp³-hybridized carbons (Fsp3) is 0.111. The lowest BCUT2D eigenvalue weighted by Crippen LogP contribution is -2.11. The van der Waals surface area contributed by atoms with Crippen molar-refractivity contribution in [2.24, 2.45) is 0 Å². The summed E-state index contributed by atoms with van der Waals surface area (Å²) in [6.07, 6.45) is 0. The number of hydrogen-bond acceptors (Lipinski definition) is 7. The maximum Gasteiger partial charge on any atom is 0.346 e. The van der Waals surface area contributed by atoms with E-state index < -0.39 is 23.9 Å². The second-order valence-electron chi connectivity index (χ2n) is 5.18. The fourth-order valence-corrected chi connectivity index (χ4v) is 2.56. The summed E-state index contributed by atoms with van der Waals surface area (Å²) in [6.45, 7) is 0. The molecule has 2 aromatic carbocycles. The van der Waals surface area contributed by atoms with Gasteiger partial charge in [-0.05, 0) is 35.4 Å². The van der Waals surface area contributed by atoms with Crippen LogP contribution in [-0.2, 0) is 14.2 Å². The number of hydrogen-bond donors (Lipinski definition) is 0. The molecule has 0 radical (unpaired) electrons. The Morgan fingerprint density at radius 3 is 2.00 bits per heavy atom. The highest BCUT2D eigenvalue weighted by Crippen LogP contribution is 2.29. The first-order valence-corrected chi connectivity index (χ1v) is 7.18. The molecule has 0 N–H and O–H groups in total. The van der Waals surface area contributed by atoms with Crippen molar-refractivity contribution in [2.75, 3.05) is 14.2 Å². The topological polar surface area (TPSA) is 96.0 Å². The minimum atomic E-state index is -0.721. The van der Waals surface area contributed by atoms with Crippen molar-refractivity contribution in [2.45, 2.75) is 0 Å². The molecule has 126 valence electrons. The summed E-state index contributed by atoms with van der Waals surface area (Å²) < 4.78 is 13.9. The average molecular weight is 340 g/mol. The third-order valence-corrected chi connectivity index (χ3v) is 3.81. The maximum atomic E-state index is 12.0. The second kappa shape index (κ2) is 6.20. The molecule has 0 aliphatic carbocycles. The maximum absolute atomic E-state index is 12.0. The number of methoxy groups -OCH3 is 2. The van der Waals surface area contributed by atoms with Gasteiger partial charge < -0.3 is 14.2 Å². The summed E-state index contributed by atoms with van der Waals surface area (Å²) in [7, 11) is 2.41. The molecule has 0 spiro atoms. The van der Waals surface area contributed by atoms with E-state index in [0.717, 1.165) is 0 Å². The standard InChI is InChI=1S/C18H12O7/c1-23-15(19)11-5-3-9(7-13(11)16(20)24-2)10-4-6-12-14(8-10)18(22)25-17(12)21/h3-8H,1-2H3. The summed E-state index contributed by atoms with van der Waals surface area (Å²) in [6, 6.07) is 9.09. The Hall–Kier alpha value is -3.48. The second-order valence-corrected chi connectivity index (χ2v) is 5.18. The molecule has 0 aromatic heterocycles. The first-order valence-electron chi connectivity index (χ1n) is 7.18. The molecule has 7 nitrogen and oxygen atoms in total. The van der Waals surface area contributed by atoms with E-state index in [-0.39, 0.29) is 22.3 Å². The lowest BCUT2D eigenvalue weighted by Gasteiger charge is -2.09. The number of benzene rings is 2. The lowest BCUT2D eigenvalue weighted by molar-refractivity contribution is 0.0442. The van der Waals surface area contributed by atoms with Gasteiger partial charge in [0, 0.05) is 0 Å². The number of esters is 4. The van der Waals surface area contributed by atoms with Crippen LogP contribution in [0.4, 0.5) is 0 Å². The monoisotopic (exact) mass is 340 g/mol. The quantitative estimate of drug-likeness (QED) is 0.480. The van der Waals surface area contributed by atoms with Crippen molar-refractivity contribution in [3.63, 3.8) is 0 Å². The Morgan fingerprint density at radius 2 is 1.32 bits per heavy atom. The van der Waals surface area contributed by atoms with Gasteiger partial charge in [0.05, 0.1) is 36.5 Å². The van der Waals surface area contributed by atoms with Crippen LogP contribution >= 0.6 is 0 Å². The van der Waals surface area contributed by atoms with Gasteiger partial charge in [-0.25, -0.2) is 19.2 Å². The summed E-state index contributed by atoms with van der Waals surface area (Å²) in [4.78, 5) is 47.0. The van der Waals surface area contributed by atoms with Crippen LogP contribution in [0.3, 0.4) is 0 Å². The lowest BCUT2D eigenvalue weighted by atomic mass is 9.96. The zero-order valence-electron chi connectivity index (χ0n) is 13.3. The van der Waals surface area contributed by atoms with Crippen LogP contribution in [-0.4, -0.2) is 38.1 Å². The van der Waals surface area contributed by atoms with Crippen LogP contribution in [0.15, 0.2) is 36.4 Å². The van der Waals surface area contributed by atoms with Gasteiger partial charge in [0.1, 0.15) is 0 Å². The van der Waals surface area contributed by atoms with Crippen LogP contribution in [0.25, 0.3) is 11.1 Å². The molecule has 3 rings (SSSR count). The molecule has 0 atom stereocenters. The summed E-state index contributed by atoms with van der Waals surface area (Å²) >= 11 is 0. The molecule has 0 unspecified atom stereocenters. The van der Waals surface area contributed by atoms with Crippen molar-refractivity contribution in [3.8, 4) is 11.1 Å². The highest BCUT2D eigenvalue weighted by Gasteiger charge is 2.30. The van der Waals surface area contributed by atoms with Gasteiger partial charge in [0.2, 0.25) is 0 Å². The number of fused-ring (bicyclic) bond motifs is 1. The van der Waals surface area contributed by atoms with Crippen LogP contribution in [0.5, 0.6) is 0 Å². The molecule has 7 heteroatoms. The zero-order chi connectivity index (χ0) is 18.1. The van der Waals surface area contributed by atoms with Gasteiger partial charge in [0.25, 0.3) is 0 Å². The van der Waals surface area contributed by atoms with E-state index in [2.05, 4.69) is 9.47 Å². The third-order valence-electron chi connectivity index (χ3n) is 3.81. The van der Waals surface area contributed by atoms with Crippen LogP contribution in [0.2, 0.25) is 0 Å². The van der Waals surface area contributed by atoms with Crippen LogP contribution < -0.4 is 0 Å². The van der Waals surface area contributed by atoms with Gasteiger partial charge in [0.15, 0.2) is 0 Å². The predicted octanol–water partition coefficient (Wildman–Crippen LogP) is 2.24. The van der Waals surface area contributed by atoms with Crippen molar-refractivity contribution in [3.05, 3.63) is 58.7 Å². The number of cyclic esters (lactones) is 2. The van der Waals surface area contributed by atoms with E-state index in [9.17, 15) is 19.2 Å². The third kappa shape index (κ3) is 2.76. The number of rotatable bonds is 3. The minimum absolute atomic E-state index is 0.0333. The van der Waals surface area contributed by atoms with Gasteiger partial charge in [-0.3, -0.25) is 0 Å². The number of carbonyl (C=O) groups is 4. The highest BCUT2D eigenvalue weighted by molar-refractivity contribution is 6.15. The first kappa shape index (κ1) is 16.4. The van der Waals surface area contributed by atoms with Gasteiger partial charge in [-0.2, -0.15) is 0 Å². The van der Waals surface area contributed by atoms with Crippen LogP contribution in [0.1, 0.15) is 41.4 Å². The number of ether oxygens (including phenoxy) is 3. The highest BCUT2D eigenvalue weighted by atomic mass is 16.6. The molecule has 1 aliphatic rings. The van der Waals surface area contributed by atoms with Gasteiger partial charge >= 0.3 is 23.9 Å². The van der Waals surface area contributed by atoms with Crippen molar-refractivity contribution < 1.29 is 33.4 Å². The summed E-state index contributed by atoms with van der Waals surface area (Å²) in [5, 5.41) is 0. The number of carbonyl (C=O) groups excluding carboxylic acids is 4. The van der Waals surface area contributed by atoms with Crippen molar-refractivity contribution in [1.29, 1.82) is 0 Å². The summed E-state index contributed by atoms with van der Waals surface area (Å²) in [5.41, 5.74) is 1.57. The molecular weight excluding hydrogens is 328 g/mol. The smallest absolute Gasteiger partial charge is 0.346 e. The molecule has 0 saturated heterocycles. The van der Waals surface area contributed by atoms with E-state index in [0.29, 0.717) is 11.1 Å². The Kier molecular flexibility index (Phi) is 4.06. The molecule has 0 amide bonds. The minimum Gasteiger partial charge on any atom is -0.465 e. The SMILES string of the molecule is COC(=O)c1ccc(-c2ccc3c(c2)C(=O)OC3=O)cc1C(=O)OC. The largest absolute Gasteiger partial charge is 0.465 e. The van der Waals surface area contributed by atoms with Crippen LogP contribution in [0, 0.1) is 0 Å². The van der Waals surface area contributed by atoms with E-state index in [4.69, 9.17) is 4.74 Å². The van der Waals surface area contributed by atoms with E-state index in [1.807, 2.05) is 0 Å². The molecule has 25 heavy (non-hydrogen) atoms. The average Bonchev–Trinajstić information content (AvgIpc) is 2.93. The molecule has 0 bridgehead atoms. The molecule has 2 aromatic rings. The summed E-state index contributed by atoms with van der Waals surface area (Å²) in [5.74, 6) is -2.78. The Labute approximate surface area is 142 Å². The Balaban J connectivity index is 2.11. The molecule has 0 fully saturated rings. The normalized spacial score (nSPS) is 12.4. The van der Waals surface area contributed by atoms with E-state index >= 15 is 0 Å². The first-order chi connectivity index (χ1) is 12.0. The Bertz CT molecular complexity index is 927. The fourth-order valence-electron chi connectivity index (χ4n) is 2.56. The zero-order valence-corrected chi connectivity index (χ0v) is 13.3. The van der Waals surface area contributed by atoms with E-state index in [1.54, 1.807) is 12.1 Å². The predicted molar refractivity (Wildman–Crippen MR) is 84.3 cm³/mol. The molecule has 0 saturated carbocycles. The van der Waals surface area contributed by atoms with Crippen molar-refractivity contribution >= 4 is 23.9 Å². The molecular formula is C18H12O7.